The highest BCUT2D eigenvalue weighted by atomic mass is 32.2. The Kier molecular flexibility index (Phi) is 6.95. The monoisotopic (exact) mass is 406 g/mol. The molecule has 3 atom stereocenters. The number of carbonyl (C=O) groups excluding carboxylic acids is 1. The Hall–Kier alpha value is -1.80. The van der Waals surface area contributed by atoms with E-state index in [1.165, 1.54) is 35.9 Å². The van der Waals surface area contributed by atoms with Crippen molar-refractivity contribution in [3.63, 3.8) is 0 Å². The second-order valence-electron chi connectivity index (χ2n) is 6.96. The molecule has 0 spiro atoms. The van der Waals surface area contributed by atoms with Crippen LogP contribution in [0, 0.1) is 11.8 Å². The van der Waals surface area contributed by atoms with Crippen molar-refractivity contribution in [2.45, 2.75) is 43.5 Å². The number of anilines is 2. The molecular formula is C19H26N4O2S2. The van der Waals surface area contributed by atoms with Crippen LogP contribution >= 0.6 is 23.1 Å². The summed E-state index contributed by atoms with van der Waals surface area (Å²) in [6.07, 6.45) is 3.53. The molecule has 27 heavy (non-hydrogen) atoms. The third-order valence-corrected chi connectivity index (χ3v) is 7.08. The lowest BCUT2D eigenvalue weighted by Crippen LogP contribution is -2.44. The zero-order valence-electron chi connectivity index (χ0n) is 15.9. The van der Waals surface area contributed by atoms with Gasteiger partial charge in [0.2, 0.25) is 11.0 Å². The molecule has 0 aliphatic heterocycles. The second-order valence-corrected chi connectivity index (χ2v) is 9.16. The van der Waals surface area contributed by atoms with Gasteiger partial charge in [-0.25, -0.2) is 0 Å². The normalized spacial score (nSPS) is 22.3. The number of rotatable bonds is 7. The van der Waals surface area contributed by atoms with E-state index in [0.29, 0.717) is 28.8 Å². The van der Waals surface area contributed by atoms with Gasteiger partial charge in [-0.3, -0.25) is 4.79 Å². The van der Waals surface area contributed by atoms with Gasteiger partial charge in [0.15, 0.2) is 4.34 Å². The fourth-order valence-corrected chi connectivity index (χ4v) is 4.89. The number of methoxy groups -OCH3 is 1. The number of carbonyl (C=O) groups is 1. The third kappa shape index (κ3) is 5.59. The predicted molar refractivity (Wildman–Crippen MR) is 111 cm³/mol. The molecule has 2 aromatic rings. The first kappa shape index (κ1) is 19.9. The van der Waals surface area contributed by atoms with Crippen LogP contribution in [0.5, 0.6) is 5.75 Å². The molecule has 1 heterocycles. The maximum absolute atomic E-state index is 12.3. The number of ether oxygens (including phenoxy) is 1. The van der Waals surface area contributed by atoms with Gasteiger partial charge in [-0.05, 0) is 30.4 Å². The molecular weight excluding hydrogens is 380 g/mol. The Labute approximate surface area is 168 Å². The molecule has 0 saturated heterocycles. The predicted octanol–water partition coefficient (Wildman–Crippen LogP) is 4.32. The van der Waals surface area contributed by atoms with Crippen molar-refractivity contribution in [3.05, 3.63) is 24.3 Å². The molecule has 3 unspecified atom stereocenters. The molecule has 8 heteroatoms. The molecule has 1 amide bonds. The zero-order chi connectivity index (χ0) is 19.2. The van der Waals surface area contributed by atoms with Gasteiger partial charge >= 0.3 is 0 Å². The van der Waals surface area contributed by atoms with Gasteiger partial charge in [-0.15, -0.1) is 10.2 Å². The van der Waals surface area contributed by atoms with Crippen molar-refractivity contribution in [1.82, 2.24) is 15.5 Å². The van der Waals surface area contributed by atoms with Crippen LogP contribution in [0.4, 0.5) is 10.8 Å². The molecule has 1 aliphatic carbocycles. The summed E-state index contributed by atoms with van der Waals surface area (Å²) < 4.78 is 6.00. The van der Waals surface area contributed by atoms with E-state index < -0.39 is 0 Å². The van der Waals surface area contributed by atoms with E-state index >= 15 is 0 Å². The van der Waals surface area contributed by atoms with E-state index in [1.807, 2.05) is 24.3 Å². The summed E-state index contributed by atoms with van der Waals surface area (Å²) in [5, 5.41) is 15.4. The van der Waals surface area contributed by atoms with Crippen molar-refractivity contribution in [2.24, 2.45) is 11.8 Å². The Morgan fingerprint density at radius 1 is 1.33 bits per heavy atom. The minimum Gasteiger partial charge on any atom is -0.497 e. The zero-order valence-corrected chi connectivity index (χ0v) is 17.5. The lowest BCUT2D eigenvalue weighted by Gasteiger charge is -2.34. The summed E-state index contributed by atoms with van der Waals surface area (Å²) in [4.78, 5) is 12.3. The fourth-order valence-electron chi connectivity index (χ4n) is 3.30. The summed E-state index contributed by atoms with van der Waals surface area (Å²) >= 11 is 2.87. The molecule has 6 nitrogen and oxygen atoms in total. The van der Waals surface area contributed by atoms with Crippen LogP contribution in [0.2, 0.25) is 0 Å². The second kappa shape index (κ2) is 9.41. The number of hydrogen-bond acceptors (Lipinski definition) is 7. The van der Waals surface area contributed by atoms with Gasteiger partial charge in [0.25, 0.3) is 0 Å². The average molecular weight is 407 g/mol. The number of amides is 1. The minimum absolute atomic E-state index is 0.0726. The van der Waals surface area contributed by atoms with Gasteiger partial charge < -0.3 is 15.4 Å². The van der Waals surface area contributed by atoms with E-state index in [-0.39, 0.29) is 5.91 Å². The number of thioether (sulfide) groups is 1. The standard InChI is InChI=1S/C19H26N4O2S2/c1-12-6-4-9-16(13(12)2)21-17(24)11-26-19-23-22-18(27-19)20-14-7-5-8-15(10-14)25-3/h5,7-8,10,12-13,16H,4,6,9,11H2,1-3H3,(H,20,22)(H,21,24). The average Bonchev–Trinajstić information content (AvgIpc) is 3.11. The molecule has 3 rings (SSSR count). The van der Waals surface area contributed by atoms with Crippen molar-refractivity contribution >= 4 is 39.8 Å². The van der Waals surface area contributed by atoms with Gasteiger partial charge in [-0.2, -0.15) is 0 Å². The molecule has 1 fully saturated rings. The largest absolute Gasteiger partial charge is 0.497 e. The minimum atomic E-state index is 0.0726. The van der Waals surface area contributed by atoms with E-state index in [9.17, 15) is 4.79 Å². The van der Waals surface area contributed by atoms with Gasteiger partial charge in [-0.1, -0.05) is 55.9 Å². The Morgan fingerprint density at radius 2 is 2.19 bits per heavy atom. The molecule has 1 aromatic heterocycles. The highest BCUT2D eigenvalue weighted by molar-refractivity contribution is 8.01. The summed E-state index contributed by atoms with van der Waals surface area (Å²) in [6, 6.07) is 7.93. The van der Waals surface area contributed by atoms with Gasteiger partial charge in [0.05, 0.1) is 12.9 Å². The van der Waals surface area contributed by atoms with Gasteiger partial charge in [0.1, 0.15) is 5.75 Å². The van der Waals surface area contributed by atoms with Crippen molar-refractivity contribution < 1.29 is 9.53 Å². The van der Waals surface area contributed by atoms with Crippen LogP contribution in [0.3, 0.4) is 0 Å². The van der Waals surface area contributed by atoms with Crippen LogP contribution in [-0.2, 0) is 4.79 Å². The van der Waals surface area contributed by atoms with Crippen molar-refractivity contribution in [2.75, 3.05) is 18.2 Å². The van der Waals surface area contributed by atoms with Crippen LogP contribution in [0.1, 0.15) is 33.1 Å². The Morgan fingerprint density at radius 3 is 3.00 bits per heavy atom. The lowest BCUT2D eigenvalue weighted by atomic mass is 9.78. The maximum Gasteiger partial charge on any atom is 0.230 e. The topological polar surface area (TPSA) is 76.1 Å². The van der Waals surface area contributed by atoms with E-state index in [2.05, 4.69) is 34.7 Å². The Balaban J connectivity index is 1.48. The SMILES string of the molecule is COc1cccc(Nc2nnc(SCC(=O)NC3CCCC(C)C3C)s2)c1. The molecule has 0 bridgehead atoms. The molecule has 146 valence electrons. The third-order valence-electron chi connectivity index (χ3n) is 5.11. The smallest absolute Gasteiger partial charge is 0.230 e. The van der Waals surface area contributed by atoms with Crippen LogP contribution in [0.25, 0.3) is 0 Å². The number of aromatic nitrogens is 2. The lowest BCUT2D eigenvalue weighted by molar-refractivity contribution is -0.119. The summed E-state index contributed by atoms with van der Waals surface area (Å²) in [5.41, 5.74) is 0.889. The van der Waals surface area contributed by atoms with E-state index in [4.69, 9.17) is 4.74 Å². The Bertz CT molecular complexity index is 768. The number of benzene rings is 1. The van der Waals surface area contributed by atoms with Gasteiger partial charge in [0, 0.05) is 17.8 Å². The van der Waals surface area contributed by atoms with E-state index in [1.54, 1.807) is 7.11 Å². The molecule has 2 N–H and O–H groups in total. The number of hydrogen-bond donors (Lipinski definition) is 2. The summed E-state index contributed by atoms with van der Waals surface area (Å²) in [6.45, 7) is 4.51. The first-order valence-electron chi connectivity index (χ1n) is 9.22. The first-order valence-corrected chi connectivity index (χ1v) is 11.0. The highest BCUT2D eigenvalue weighted by Crippen LogP contribution is 2.31. The fraction of sp³-hybridized carbons (Fsp3) is 0.526. The molecule has 1 aliphatic rings. The summed E-state index contributed by atoms with van der Waals surface area (Å²) in [5.74, 6) is 2.43. The number of nitrogens with one attached hydrogen (secondary N) is 2. The highest BCUT2D eigenvalue weighted by Gasteiger charge is 2.28. The van der Waals surface area contributed by atoms with Crippen LogP contribution in [0.15, 0.2) is 28.6 Å². The van der Waals surface area contributed by atoms with Crippen LogP contribution < -0.4 is 15.4 Å². The van der Waals surface area contributed by atoms with Crippen molar-refractivity contribution in [1.29, 1.82) is 0 Å². The first-order chi connectivity index (χ1) is 13.0. The summed E-state index contributed by atoms with van der Waals surface area (Å²) in [7, 11) is 1.64. The number of nitrogens with zero attached hydrogens (tertiary/aromatic N) is 2. The maximum atomic E-state index is 12.3. The quantitative estimate of drug-likeness (QED) is 0.667. The molecule has 1 saturated carbocycles. The molecule has 0 radical (unpaired) electrons. The van der Waals surface area contributed by atoms with E-state index in [0.717, 1.165) is 22.2 Å². The molecule has 1 aromatic carbocycles. The van der Waals surface area contributed by atoms with Crippen molar-refractivity contribution in [3.8, 4) is 5.75 Å². The van der Waals surface area contributed by atoms with Crippen LogP contribution in [-0.4, -0.2) is 35.0 Å².